The van der Waals surface area contributed by atoms with E-state index in [-0.39, 0.29) is 28.5 Å². The van der Waals surface area contributed by atoms with Gasteiger partial charge in [-0.25, -0.2) is 4.68 Å². The number of fused-ring (bicyclic) bond motifs is 2. The van der Waals surface area contributed by atoms with Gasteiger partial charge in [-0.15, -0.1) is 0 Å². The van der Waals surface area contributed by atoms with Crippen LogP contribution in [-0.4, -0.2) is 14.8 Å². The van der Waals surface area contributed by atoms with Gasteiger partial charge in [0.25, 0.3) is 5.56 Å². The summed E-state index contributed by atoms with van der Waals surface area (Å²) < 4.78 is 7.43. The first kappa shape index (κ1) is 19.7. The fourth-order valence-corrected chi connectivity index (χ4v) is 4.32. The van der Waals surface area contributed by atoms with Gasteiger partial charge in [-0.2, -0.15) is 10.2 Å². The summed E-state index contributed by atoms with van der Waals surface area (Å²) in [6.07, 6.45) is 0. The first-order valence-corrected chi connectivity index (χ1v) is 10.1. The maximum absolute atomic E-state index is 13.6. The highest BCUT2D eigenvalue weighted by Crippen LogP contribution is 2.50. The molecule has 0 saturated carbocycles. The molecule has 1 atom stereocenters. The summed E-state index contributed by atoms with van der Waals surface area (Å²) >= 11 is 6.29. The third-order valence-corrected chi connectivity index (χ3v) is 5.81. The molecule has 1 aliphatic rings. The van der Waals surface area contributed by atoms with Crippen LogP contribution in [0.1, 0.15) is 33.9 Å². The van der Waals surface area contributed by atoms with Gasteiger partial charge in [-0.1, -0.05) is 29.8 Å². The Kier molecular flexibility index (Phi) is 4.43. The van der Waals surface area contributed by atoms with E-state index in [9.17, 15) is 10.1 Å². The summed E-state index contributed by atoms with van der Waals surface area (Å²) in [5, 5.41) is 13.2. The fourth-order valence-electron chi connectivity index (χ4n) is 4.14. The van der Waals surface area contributed by atoms with Crippen LogP contribution in [0.2, 0.25) is 5.02 Å². The monoisotopic (exact) mass is 444 g/mol. The van der Waals surface area contributed by atoms with E-state index in [0.717, 1.165) is 0 Å². The van der Waals surface area contributed by atoms with Gasteiger partial charge in [0.2, 0.25) is 5.88 Å². The van der Waals surface area contributed by atoms with Gasteiger partial charge in [-0.3, -0.25) is 9.89 Å². The Morgan fingerprint density at radius 3 is 2.66 bits per heavy atom. The van der Waals surface area contributed by atoms with E-state index >= 15 is 0 Å². The number of nitrogens with one attached hydrogen (secondary N) is 1. The smallest absolute Gasteiger partial charge is 0.275 e. The molecule has 0 amide bonds. The quantitative estimate of drug-likeness (QED) is 0.378. The van der Waals surface area contributed by atoms with Crippen molar-refractivity contribution in [2.24, 2.45) is 0 Å². The highest BCUT2D eigenvalue weighted by Gasteiger charge is 2.37. The Hall–Kier alpha value is -4.22. The molecule has 2 aromatic carbocycles. The molecule has 32 heavy (non-hydrogen) atoms. The lowest BCUT2D eigenvalue weighted by Gasteiger charge is -2.29. The predicted molar refractivity (Wildman–Crippen MR) is 121 cm³/mol. The van der Waals surface area contributed by atoms with Crippen molar-refractivity contribution in [2.75, 3.05) is 11.5 Å². The molecular formula is C23H17ClN6O2. The van der Waals surface area contributed by atoms with Crippen LogP contribution in [0.4, 0.5) is 11.5 Å². The third-order valence-electron chi connectivity index (χ3n) is 5.58. The number of ether oxygens (including phenoxy) is 1. The number of nitrogens with zero attached hydrogens (tertiary/aromatic N) is 3. The van der Waals surface area contributed by atoms with E-state index in [4.69, 9.17) is 27.8 Å². The average molecular weight is 445 g/mol. The molecular weight excluding hydrogens is 428 g/mol. The molecule has 0 fully saturated rings. The number of pyridine rings is 1. The Labute approximate surface area is 187 Å². The number of aromatic nitrogens is 3. The third kappa shape index (κ3) is 2.83. The van der Waals surface area contributed by atoms with Gasteiger partial charge >= 0.3 is 0 Å². The first-order valence-electron chi connectivity index (χ1n) is 9.74. The van der Waals surface area contributed by atoms with Gasteiger partial charge in [0.1, 0.15) is 23.2 Å². The Morgan fingerprint density at radius 1 is 1.19 bits per heavy atom. The molecule has 1 unspecified atom stereocenters. The predicted octanol–water partition coefficient (Wildman–Crippen LogP) is 3.84. The van der Waals surface area contributed by atoms with Crippen LogP contribution in [0.25, 0.3) is 5.69 Å². The Bertz CT molecular complexity index is 1480. The Balaban J connectivity index is 1.85. The molecule has 0 spiro atoms. The lowest BCUT2D eigenvalue weighted by Crippen LogP contribution is -2.24. The van der Waals surface area contributed by atoms with Gasteiger partial charge in [0.15, 0.2) is 0 Å². The van der Waals surface area contributed by atoms with Crippen LogP contribution in [0.5, 0.6) is 11.6 Å². The summed E-state index contributed by atoms with van der Waals surface area (Å²) in [5.41, 5.74) is 15.0. The van der Waals surface area contributed by atoms with Crippen molar-refractivity contribution in [1.29, 1.82) is 5.26 Å². The van der Waals surface area contributed by atoms with E-state index in [1.54, 1.807) is 18.2 Å². The highest BCUT2D eigenvalue weighted by atomic mass is 35.5. The fraction of sp³-hybridized carbons (Fsp3) is 0.0870. The van der Waals surface area contributed by atoms with E-state index in [0.29, 0.717) is 38.8 Å². The van der Waals surface area contributed by atoms with Crippen molar-refractivity contribution in [3.8, 4) is 23.4 Å². The number of H-pyrrole nitrogens is 1. The molecule has 0 saturated heterocycles. The lowest BCUT2D eigenvalue weighted by molar-refractivity contribution is 0.435. The van der Waals surface area contributed by atoms with Crippen molar-refractivity contribution in [1.82, 2.24) is 14.8 Å². The standard InChI is InChI=1S/C23H17ClN6O2/c1-11-17(23(31)30(29-11)13-5-3-2-4-6-13)18-14-9-12(24)7-8-16(14)32-22-19(18)20(26)15(10-25)21(27)28-22/h2-9,18,29H,1H3,(H4,26,27,28). The van der Waals surface area contributed by atoms with E-state index in [2.05, 4.69) is 10.1 Å². The number of nitrogen functional groups attached to an aromatic ring is 2. The topological polar surface area (TPSA) is 136 Å². The molecule has 4 aromatic rings. The van der Waals surface area contributed by atoms with Gasteiger partial charge in [-0.05, 0) is 37.3 Å². The number of aromatic amines is 1. The maximum Gasteiger partial charge on any atom is 0.275 e. The molecule has 0 aliphatic carbocycles. The minimum atomic E-state index is -0.665. The zero-order valence-corrected chi connectivity index (χ0v) is 17.6. The molecule has 0 radical (unpaired) electrons. The van der Waals surface area contributed by atoms with Crippen LogP contribution in [-0.2, 0) is 0 Å². The number of benzene rings is 2. The second kappa shape index (κ2) is 7.18. The van der Waals surface area contributed by atoms with Crippen molar-refractivity contribution in [3.05, 3.63) is 91.9 Å². The summed E-state index contributed by atoms with van der Waals surface area (Å²) in [7, 11) is 0. The minimum Gasteiger partial charge on any atom is -0.438 e. The van der Waals surface area contributed by atoms with Crippen molar-refractivity contribution in [2.45, 2.75) is 12.8 Å². The molecule has 3 heterocycles. The summed E-state index contributed by atoms with van der Waals surface area (Å²) in [6, 6.07) is 16.3. The number of nitrogens with two attached hydrogens (primary N) is 2. The van der Waals surface area contributed by atoms with Crippen LogP contribution in [0.15, 0.2) is 53.3 Å². The SMILES string of the molecule is Cc1[nH]n(-c2ccccc2)c(=O)c1C1c2cc(Cl)ccc2Oc2nc(N)c(C#N)c(N)c21. The Morgan fingerprint density at radius 2 is 1.94 bits per heavy atom. The number of aryl methyl sites for hydroxylation is 1. The van der Waals surface area contributed by atoms with E-state index < -0.39 is 5.92 Å². The molecule has 5 N–H and O–H groups in total. The number of para-hydroxylation sites is 1. The molecule has 2 aromatic heterocycles. The highest BCUT2D eigenvalue weighted by molar-refractivity contribution is 6.30. The zero-order valence-electron chi connectivity index (χ0n) is 16.9. The van der Waals surface area contributed by atoms with E-state index in [1.807, 2.05) is 43.3 Å². The second-order valence-corrected chi connectivity index (χ2v) is 7.90. The number of nitriles is 1. The summed E-state index contributed by atoms with van der Waals surface area (Å²) in [4.78, 5) is 17.9. The van der Waals surface area contributed by atoms with Gasteiger partial charge in [0.05, 0.1) is 28.4 Å². The van der Waals surface area contributed by atoms with E-state index in [1.165, 1.54) is 4.68 Å². The molecule has 8 nitrogen and oxygen atoms in total. The van der Waals surface area contributed by atoms with Crippen molar-refractivity contribution >= 4 is 23.1 Å². The van der Waals surface area contributed by atoms with Crippen LogP contribution < -0.4 is 21.8 Å². The number of halogens is 1. The van der Waals surface area contributed by atoms with Gasteiger partial charge < -0.3 is 16.2 Å². The second-order valence-electron chi connectivity index (χ2n) is 7.46. The first-order chi connectivity index (χ1) is 15.4. The maximum atomic E-state index is 13.6. The molecule has 0 bridgehead atoms. The molecule has 9 heteroatoms. The van der Waals surface area contributed by atoms with Gasteiger partial charge in [0, 0.05) is 16.3 Å². The van der Waals surface area contributed by atoms with Crippen LogP contribution in [0.3, 0.4) is 0 Å². The summed E-state index contributed by atoms with van der Waals surface area (Å²) in [5.74, 6) is -0.0620. The number of anilines is 2. The normalized spacial score (nSPS) is 14.2. The van der Waals surface area contributed by atoms with Crippen molar-refractivity contribution < 1.29 is 4.74 Å². The van der Waals surface area contributed by atoms with Crippen LogP contribution in [0, 0.1) is 18.3 Å². The molecule has 158 valence electrons. The summed E-state index contributed by atoms with van der Waals surface area (Å²) in [6.45, 7) is 1.81. The van der Waals surface area contributed by atoms with Crippen LogP contribution >= 0.6 is 11.6 Å². The number of hydrogen-bond acceptors (Lipinski definition) is 6. The molecule has 1 aliphatic heterocycles. The zero-order chi connectivity index (χ0) is 22.6. The van der Waals surface area contributed by atoms with Crippen molar-refractivity contribution in [3.63, 3.8) is 0 Å². The average Bonchev–Trinajstić information content (AvgIpc) is 3.07. The largest absolute Gasteiger partial charge is 0.438 e. The number of hydrogen-bond donors (Lipinski definition) is 3. The minimum absolute atomic E-state index is 0.0348. The molecule has 5 rings (SSSR count). The number of rotatable bonds is 2. The lowest BCUT2D eigenvalue weighted by atomic mass is 9.82.